The Bertz CT molecular complexity index is 742. The lowest BCUT2D eigenvalue weighted by atomic mass is 9.77. The van der Waals surface area contributed by atoms with Crippen molar-refractivity contribution in [2.24, 2.45) is 0 Å². The van der Waals surface area contributed by atoms with Gasteiger partial charge in [-0.2, -0.15) is 0 Å². The van der Waals surface area contributed by atoms with E-state index >= 15 is 0 Å². The molecule has 0 bridgehead atoms. The van der Waals surface area contributed by atoms with E-state index in [1.54, 1.807) is 11.1 Å². The van der Waals surface area contributed by atoms with Gasteiger partial charge in [-0.1, -0.05) is 42.0 Å². The van der Waals surface area contributed by atoms with Crippen LogP contribution in [0.3, 0.4) is 0 Å². The van der Waals surface area contributed by atoms with E-state index < -0.39 is 0 Å². The summed E-state index contributed by atoms with van der Waals surface area (Å²) in [5.41, 5.74) is 8.94. The van der Waals surface area contributed by atoms with E-state index in [2.05, 4.69) is 50.3 Å². The Morgan fingerprint density at radius 1 is 1.11 bits per heavy atom. The van der Waals surface area contributed by atoms with Crippen molar-refractivity contribution < 1.29 is 0 Å². The lowest BCUT2D eigenvalue weighted by molar-refractivity contribution is 1.11. The Balaban J connectivity index is 2.29. The van der Waals surface area contributed by atoms with Crippen molar-refractivity contribution in [3.63, 3.8) is 0 Å². The molecule has 0 aliphatic heterocycles. The zero-order valence-electron chi connectivity index (χ0n) is 10.9. The molecule has 88 valence electrons. The summed E-state index contributed by atoms with van der Waals surface area (Å²) in [5, 5.41) is 2.95. The second kappa shape index (κ2) is 3.35. The molecule has 4 rings (SSSR count). The van der Waals surface area contributed by atoms with Crippen LogP contribution in [0.5, 0.6) is 0 Å². The monoisotopic (exact) mass is 232 g/mol. The maximum absolute atomic E-state index is 2.34. The third-order valence-corrected chi connectivity index (χ3v) is 4.38. The van der Waals surface area contributed by atoms with E-state index in [1.807, 2.05) is 0 Å². The predicted molar refractivity (Wildman–Crippen MR) is 78.6 cm³/mol. The molecule has 0 N–H and O–H groups in total. The van der Waals surface area contributed by atoms with Crippen LogP contribution in [0.15, 0.2) is 35.9 Å². The van der Waals surface area contributed by atoms with Gasteiger partial charge < -0.3 is 0 Å². The van der Waals surface area contributed by atoms with Gasteiger partial charge in [-0.3, -0.25) is 0 Å². The van der Waals surface area contributed by atoms with Crippen molar-refractivity contribution in [2.45, 2.75) is 26.7 Å². The second-order valence-corrected chi connectivity index (χ2v) is 5.54. The van der Waals surface area contributed by atoms with Crippen LogP contribution in [0.4, 0.5) is 0 Å². The molecular weight excluding hydrogens is 216 g/mol. The topological polar surface area (TPSA) is 0 Å². The highest BCUT2D eigenvalue weighted by molar-refractivity contribution is 6.04. The first-order valence-corrected chi connectivity index (χ1v) is 6.66. The molecule has 0 atom stereocenters. The molecule has 0 amide bonds. The maximum atomic E-state index is 2.34. The Hall–Kier alpha value is -1.82. The lowest BCUT2D eigenvalue weighted by Crippen LogP contribution is -2.07. The molecule has 2 aromatic carbocycles. The minimum absolute atomic E-state index is 1.10. The molecule has 2 aliphatic carbocycles. The van der Waals surface area contributed by atoms with E-state index in [0.29, 0.717) is 0 Å². The standard InChI is InChI=1S/C18H16/c1-11-9-13-5-4-8-16-12(2)10-14-6-3-7-15(11)17(14)18(13)16/h3-7,9H,8,10H2,1-2H3. The van der Waals surface area contributed by atoms with E-state index in [0.717, 1.165) is 12.8 Å². The summed E-state index contributed by atoms with van der Waals surface area (Å²) in [6, 6.07) is 9.11. The fraction of sp³-hybridized carbons (Fsp3) is 0.222. The van der Waals surface area contributed by atoms with Gasteiger partial charge in [0.25, 0.3) is 0 Å². The minimum atomic E-state index is 1.10. The molecular formula is C18H16. The fourth-order valence-electron chi connectivity index (χ4n) is 3.54. The highest BCUT2D eigenvalue weighted by Crippen LogP contribution is 2.43. The zero-order valence-corrected chi connectivity index (χ0v) is 10.9. The Morgan fingerprint density at radius 2 is 2.00 bits per heavy atom. The molecule has 0 unspecified atom stereocenters. The van der Waals surface area contributed by atoms with Gasteiger partial charge in [0.15, 0.2) is 0 Å². The lowest BCUT2D eigenvalue weighted by Gasteiger charge is -2.27. The molecule has 18 heavy (non-hydrogen) atoms. The quantitative estimate of drug-likeness (QED) is 0.606. The second-order valence-electron chi connectivity index (χ2n) is 5.54. The summed E-state index contributed by atoms with van der Waals surface area (Å²) in [4.78, 5) is 0. The molecule has 0 heteroatoms. The van der Waals surface area contributed by atoms with Gasteiger partial charge in [0.1, 0.15) is 0 Å². The van der Waals surface area contributed by atoms with E-state index in [4.69, 9.17) is 0 Å². The van der Waals surface area contributed by atoms with Crippen LogP contribution < -0.4 is 0 Å². The SMILES string of the molecule is CC1=C2CC=Cc3cc(C)c4cccc(c4c32)C1. The van der Waals surface area contributed by atoms with Crippen LogP contribution in [-0.2, 0) is 6.42 Å². The number of hydrogen-bond acceptors (Lipinski definition) is 0. The van der Waals surface area contributed by atoms with Crippen molar-refractivity contribution in [1.82, 2.24) is 0 Å². The smallest absolute Gasteiger partial charge is 0.00573 e. The summed E-state index contributed by atoms with van der Waals surface area (Å²) in [6.07, 6.45) is 6.82. The van der Waals surface area contributed by atoms with Crippen LogP contribution in [0, 0.1) is 6.92 Å². The van der Waals surface area contributed by atoms with E-state index in [9.17, 15) is 0 Å². The summed E-state index contributed by atoms with van der Waals surface area (Å²) >= 11 is 0. The van der Waals surface area contributed by atoms with Crippen LogP contribution in [-0.4, -0.2) is 0 Å². The molecule has 2 aliphatic rings. The van der Waals surface area contributed by atoms with Gasteiger partial charge >= 0.3 is 0 Å². The number of aryl methyl sites for hydroxylation is 1. The van der Waals surface area contributed by atoms with Crippen molar-refractivity contribution in [1.29, 1.82) is 0 Å². The third kappa shape index (κ3) is 1.16. The summed E-state index contributed by atoms with van der Waals surface area (Å²) in [5.74, 6) is 0. The molecule has 0 nitrogen and oxygen atoms in total. The Labute approximate surface area is 108 Å². The molecule has 0 heterocycles. The number of benzene rings is 2. The summed E-state index contributed by atoms with van der Waals surface area (Å²) in [6.45, 7) is 4.52. The largest absolute Gasteiger partial charge is 0.0795 e. The van der Waals surface area contributed by atoms with Gasteiger partial charge in [0.05, 0.1) is 0 Å². The van der Waals surface area contributed by atoms with Gasteiger partial charge in [-0.25, -0.2) is 0 Å². The van der Waals surface area contributed by atoms with Crippen LogP contribution in [0.1, 0.15) is 35.6 Å². The zero-order chi connectivity index (χ0) is 12.3. The fourth-order valence-corrected chi connectivity index (χ4v) is 3.54. The molecule has 2 aromatic rings. The number of rotatable bonds is 0. The van der Waals surface area contributed by atoms with Gasteiger partial charge in [0.2, 0.25) is 0 Å². The maximum Gasteiger partial charge on any atom is -0.00573 e. The first kappa shape index (κ1) is 10.1. The van der Waals surface area contributed by atoms with Gasteiger partial charge in [-0.05, 0) is 65.3 Å². The number of hydrogen-bond donors (Lipinski definition) is 0. The number of allylic oxidation sites excluding steroid dienone is 3. The Kier molecular flexibility index (Phi) is 1.89. The average Bonchev–Trinajstić information content (AvgIpc) is 2.38. The normalized spacial score (nSPS) is 16.6. The molecule has 0 saturated carbocycles. The van der Waals surface area contributed by atoms with E-state index in [-0.39, 0.29) is 0 Å². The molecule has 0 saturated heterocycles. The Morgan fingerprint density at radius 3 is 2.89 bits per heavy atom. The van der Waals surface area contributed by atoms with Gasteiger partial charge in [-0.15, -0.1) is 0 Å². The van der Waals surface area contributed by atoms with Crippen molar-refractivity contribution in [3.05, 3.63) is 58.2 Å². The van der Waals surface area contributed by atoms with E-state index in [1.165, 1.54) is 33.0 Å². The van der Waals surface area contributed by atoms with Crippen LogP contribution >= 0.6 is 0 Å². The first-order valence-electron chi connectivity index (χ1n) is 6.66. The first-order chi connectivity index (χ1) is 8.75. The summed E-state index contributed by atoms with van der Waals surface area (Å²) in [7, 11) is 0. The highest BCUT2D eigenvalue weighted by Gasteiger charge is 2.22. The summed E-state index contributed by atoms with van der Waals surface area (Å²) < 4.78 is 0. The van der Waals surface area contributed by atoms with Crippen molar-refractivity contribution in [3.8, 4) is 0 Å². The molecule has 0 radical (unpaired) electrons. The van der Waals surface area contributed by atoms with Crippen molar-refractivity contribution in [2.75, 3.05) is 0 Å². The predicted octanol–water partition coefficient (Wildman–Crippen LogP) is 4.89. The molecule has 0 aromatic heterocycles. The van der Waals surface area contributed by atoms with Crippen molar-refractivity contribution >= 4 is 22.4 Å². The highest BCUT2D eigenvalue weighted by atomic mass is 14.3. The molecule has 0 spiro atoms. The minimum Gasteiger partial charge on any atom is -0.0795 e. The van der Waals surface area contributed by atoms with Crippen LogP contribution in [0.25, 0.3) is 22.4 Å². The van der Waals surface area contributed by atoms with Crippen LogP contribution in [0.2, 0.25) is 0 Å². The average molecular weight is 232 g/mol. The third-order valence-electron chi connectivity index (χ3n) is 4.38. The molecule has 0 fully saturated rings. The van der Waals surface area contributed by atoms with Gasteiger partial charge in [0, 0.05) is 0 Å².